The van der Waals surface area contributed by atoms with E-state index in [1.54, 1.807) is 38.1 Å². The van der Waals surface area contributed by atoms with E-state index in [9.17, 15) is 29.6 Å². The molecule has 10 nitrogen and oxygen atoms in total. The van der Waals surface area contributed by atoms with Crippen LogP contribution >= 0.6 is 11.8 Å². The van der Waals surface area contributed by atoms with Crippen LogP contribution in [0.25, 0.3) is 0 Å². The molecule has 11 heteroatoms. The largest absolute Gasteiger partial charge is 0.484 e. The first-order chi connectivity index (χ1) is 16.1. The van der Waals surface area contributed by atoms with Crippen LogP contribution in [-0.4, -0.2) is 61.0 Å². The lowest BCUT2D eigenvalue weighted by atomic mass is 9.76. The first-order valence-electron chi connectivity index (χ1n) is 10.5. The Morgan fingerprint density at radius 1 is 1.18 bits per heavy atom. The molecule has 2 aliphatic rings. The molecule has 0 spiro atoms. The van der Waals surface area contributed by atoms with Crippen molar-refractivity contribution in [2.75, 3.05) is 6.61 Å². The molecular weight excluding hydrogens is 462 g/mol. The van der Waals surface area contributed by atoms with Crippen molar-refractivity contribution in [1.29, 1.82) is 0 Å². The number of fused-ring (bicyclic) bond motifs is 1. The number of carboxylic acid groups (broad SMARTS) is 1. The highest BCUT2D eigenvalue weighted by Gasteiger charge is 2.72. The second-order valence-corrected chi connectivity index (χ2v) is 10.4. The smallest absolute Gasteiger partial charge is 0.331 e. The van der Waals surface area contributed by atoms with Gasteiger partial charge in [-0.05, 0) is 31.5 Å². The number of para-hydroxylation sites is 1. The fourth-order valence-corrected chi connectivity index (χ4v) is 6.22. The Bertz CT molecular complexity index is 1140. The molecule has 0 aliphatic carbocycles. The minimum absolute atomic E-state index is 0.0274. The van der Waals surface area contributed by atoms with Crippen LogP contribution in [0.5, 0.6) is 5.75 Å². The van der Waals surface area contributed by atoms with E-state index in [2.05, 4.69) is 5.32 Å². The average molecular weight is 486 g/mol. The Morgan fingerprint density at radius 3 is 2.41 bits per heavy atom. The van der Waals surface area contributed by atoms with Gasteiger partial charge in [-0.3, -0.25) is 19.7 Å². The third-order valence-electron chi connectivity index (χ3n) is 6.26. The zero-order valence-corrected chi connectivity index (χ0v) is 19.3. The van der Waals surface area contributed by atoms with Crippen molar-refractivity contribution < 1.29 is 29.2 Å². The SMILES string of the molecule is CC1(C)S[C@@H]2C(NC(=O)COc3ccccc3)C(=O)N2[C@@]1(Cc1ccc([N+](=O)[O-])cc1)C(=O)O. The number of carboxylic acids is 1. The molecule has 2 amide bonds. The summed E-state index contributed by atoms with van der Waals surface area (Å²) in [6.07, 6.45) is -0.0274. The van der Waals surface area contributed by atoms with E-state index in [0.717, 1.165) is 0 Å². The van der Waals surface area contributed by atoms with Crippen LogP contribution in [0.1, 0.15) is 19.4 Å². The van der Waals surface area contributed by atoms with Crippen LogP contribution in [0.3, 0.4) is 0 Å². The van der Waals surface area contributed by atoms with Gasteiger partial charge in [0.05, 0.1) is 4.92 Å². The highest BCUT2D eigenvalue weighted by atomic mass is 32.2. The second-order valence-electron chi connectivity index (χ2n) is 8.64. The Balaban J connectivity index is 1.51. The number of carbonyl (C=O) groups excluding carboxylic acids is 2. The quantitative estimate of drug-likeness (QED) is 0.330. The Labute approximate surface area is 199 Å². The van der Waals surface area contributed by atoms with Gasteiger partial charge in [0.15, 0.2) is 12.1 Å². The van der Waals surface area contributed by atoms with Crippen LogP contribution < -0.4 is 10.1 Å². The fraction of sp³-hybridized carbons (Fsp3) is 0.348. The van der Waals surface area contributed by atoms with Gasteiger partial charge in [0, 0.05) is 23.3 Å². The van der Waals surface area contributed by atoms with E-state index < -0.39 is 44.4 Å². The van der Waals surface area contributed by atoms with Gasteiger partial charge in [0.2, 0.25) is 5.91 Å². The molecule has 1 unspecified atom stereocenters. The van der Waals surface area contributed by atoms with E-state index in [1.165, 1.54) is 40.9 Å². The minimum atomic E-state index is -1.59. The zero-order valence-electron chi connectivity index (χ0n) is 18.5. The Morgan fingerprint density at radius 2 is 1.82 bits per heavy atom. The van der Waals surface area contributed by atoms with Crippen molar-refractivity contribution in [2.24, 2.45) is 0 Å². The summed E-state index contributed by atoms with van der Waals surface area (Å²) in [7, 11) is 0. The number of nitrogens with one attached hydrogen (secondary N) is 1. The van der Waals surface area contributed by atoms with E-state index in [-0.39, 0.29) is 18.7 Å². The molecule has 2 saturated heterocycles. The number of nitro groups is 1. The monoisotopic (exact) mass is 485 g/mol. The number of aliphatic carboxylic acids is 1. The van der Waals surface area contributed by atoms with Crippen molar-refractivity contribution in [3.8, 4) is 5.75 Å². The predicted molar refractivity (Wildman–Crippen MR) is 123 cm³/mol. The molecular formula is C23H23N3O7S. The lowest BCUT2D eigenvalue weighted by Gasteiger charge is -2.50. The van der Waals surface area contributed by atoms with Gasteiger partial charge in [0.25, 0.3) is 11.6 Å². The van der Waals surface area contributed by atoms with Crippen LogP contribution in [-0.2, 0) is 20.8 Å². The molecule has 2 aromatic carbocycles. The molecule has 0 bridgehead atoms. The number of non-ortho nitro benzene ring substituents is 1. The molecule has 178 valence electrons. The van der Waals surface area contributed by atoms with Gasteiger partial charge < -0.3 is 20.1 Å². The summed E-state index contributed by atoms with van der Waals surface area (Å²) < 4.78 is 4.52. The van der Waals surface area contributed by atoms with Gasteiger partial charge in [-0.2, -0.15) is 0 Å². The normalized spacial score (nSPS) is 24.6. The summed E-state index contributed by atoms with van der Waals surface area (Å²) >= 11 is 1.31. The number of nitrogens with zero attached hydrogens (tertiary/aromatic N) is 2. The molecule has 4 rings (SSSR count). The van der Waals surface area contributed by atoms with Gasteiger partial charge in [-0.25, -0.2) is 4.79 Å². The van der Waals surface area contributed by atoms with E-state index in [1.807, 2.05) is 6.07 Å². The number of amides is 2. The van der Waals surface area contributed by atoms with Crippen molar-refractivity contribution in [3.05, 3.63) is 70.3 Å². The third-order valence-corrected chi connectivity index (χ3v) is 7.91. The number of ether oxygens (including phenoxy) is 1. The number of hydrogen-bond acceptors (Lipinski definition) is 7. The van der Waals surface area contributed by atoms with Crippen LogP contribution in [0.15, 0.2) is 54.6 Å². The number of nitro benzene ring substituents is 1. The predicted octanol–water partition coefficient (Wildman–Crippen LogP) is 2.22. The fourth-order valence-electron chi connectivity index (χ4n) is 4.46. The number of rotatable bonds is 8. The van der Waals surface area contributed by atoms with E-state index >= 15 is 0 Å². The summed E-state index contributed by atoms with van der Waals surface area (Å²) in [6.45, 7) is 3.22. The maximum absolute atomic E-state index is 13.1. The molecule has 2 aromatic rings. The van der Waals surface area contributed by atoms with Gasteiger partial charge in [-0.15, -0.1) is 11.8 Å². The number of thioether (sulfide) groups is 1. The van der Waals surface area contributed by atoms with Crippen LogP contribution in [0.4, 0.5) is 5.69 Å². The first kappa shape index (κ1) is 23.6. The topological polar surface area (TPSA) is 139 Å². The Hall–Kier alpha value is -3.60. The Kier molecular flexibility index (Phi) is 5.98. The molecule has 0 saturated carbocycles. The highest BCUT2D eigenvalue weighted by Crippen LogP contribution is 2.57. The van der Waals surface area contributed by atoms with Crippen molar-refractivity contribution >= 4 is 35.2 Å². The summed E-state index contributed by atoms with van der Waals surface area (Å²) in [5.74, 6) is -1.62. The molecule has 0 aromatic heterocycles. The van der Waals surface area contributed by atoms with Crippen molar-refractivity contribution in [1.82, 2.24) is 10.2 Å². The van der Waals surface area contributed by atoms with E-state index in [4.69, 9.17) is 4.74 Å². The average Bonchev–Trinajstić information content (AvgIpc) is 3.02. The van der Waals surface area contributed by atoms with Gasteiger partial charge >= 0.3 is 5.97 Å². The molecule has 2 N–H and O–H groups in total. The highest BCUT2D eigenvalue weighted by molar-refractivity contribution is 8.01. The summed E-state index contributed by atoms with van der Waals surface area (Å²) in [5.41, 5.74) is -1.14. The lowest BCUT2D eigenvalue weighted by molar-refractivity contribution is -0.384. The van der Waals surface area contributed by atoms with Crippen molar-refractivity contribution in [3.63, 3.8) is 0 Å². The van der Waals surface area contributed by atoms with Gasteiger partial charge in [0.1, 0.15) is 17.2 Å². The standard InChI is InChI=1S/C23H23N3O7S/c1-22(2)23(21(29)30,12-14-8-10-15(11-9-14)26(31)32)25-19(28)18(20(25)34-22)24-17(27)13-33-16-6-4-3-5-7-16/h3-11,18,20H,12-13H2,1-2H3,(H,24,27)(H,29,30)/t18?,20-,23+/m1/s1. The molecule has 2 heterocycles. The zero-order chi connectivity index (χ0) is 24.7. The number of hydrogen-bond donors (Lipinski definition) is 2. The number of carbonyl (C=O) groups is 3. The summed E-state index contributed by atoms with van der Waals surface area (Å²) in [5, 5.41) is 23.3. The summed E-state index contributed by atoms with van der Waals surface area (Å²) in [6, 6.07) is 13.5. The third kappa shape index (κ3) is 3.85. The minimum Gasteiger partial charge on any atom is -0.484 e. The second kappa shape index (κ2) is 8.64. The molecule has 3 atom stereocenters. The van der Waals surface area contributed by atoms with Crippen molar-refractivity contribution in [2.45, 2.75) is 42.0 Å². The number of β-lactam (4-membered cyclic amide) rings is 1. The molecule has 34 heavy (non-hydrogen) atoms. The molecule has 0 radical (unpaired) electrons. The molecule has 2 aliphatic heterocycles. The molecule has 2 fully saturated rings. The summed E-state index contributed by atoms with van der Waals surface area (Å²) in [4.78, 5) is 49.9. The maximum Gasteiger partial charge on any atom is 0.331 e. The maximum atomic E-state index is 13.1. The first-order valence-corrected chi connectivity index (χ1v) is 11.4. The number of benzene rings is 2. The van der Waals surface area contributed by atoms with Gasteiger partial charge in [-0.1, -0.05) is 30.3 Å². The van der Waals surface area contributed by atoms with E-state index in [0.29, 0.717) is 11.3 Å². The lowest BCUT2D eigenvalue weighted by Crippen LogP contribution is -2.76. The van der Waals surface area contributed by atoms with Crippen LogP contribution in [0, 0.1) is 10.1 Å². The van der Waals surface area contributed by atoms with Crippen LogP contribution in [0.2, 0.25) is 0 Å².